The minimum absolute atomic E-state index is 0.0729. The van der Waals surface area contributed by atoms with Gasteiger partial charge in [0.15, 0.2) is 0 Å². The lowest BCUT2D eigenvalue weighted by atomic mass is 10.1. The van der Waals surface area contributed by atoms with Gasteiger partial charge in [-0.2, -0.15) is 0 Å². The van der Waals surface area contributed by atoms with E-state index in [1.165, 1.54) is 17.0 Å². The van der Waals surface area contributed by atoms with E-state index in [1.807, 2.05) is 19.1 Å². The van der Waals surface area contributed by atoms with Crippen LogP contribution in [0.2, 0.25) is 0 Å². The van der Waals surface area contributed by atoms with E-state index >= 15 is 0 Å². The molecule has 0 bridgehead atoms. The number of rotatable bonds is 13. The molecule has 202 valence electrons. The summed E-state index contributed by atoms with van der Waals surface area (Å²) in [6.45, 7) is 3.84. The first kappa shape index (κ1) is 28.7. The van der Waals surface area contributed by atoms with Crippen molar-refractivity contribution in [2.75, 3.05) is 24.5 Å². The summed E-state index contributed by atoms with van der Waals surface area (Å²) in [6.07, 6.45) is 1.74. The second-order valence-corrected chi connectivity index (χ2v) is 10.7. The summed E-state index contributed by atoms with van der Waals surface area (Å²) in [5, 5.41) is 2.88. The molecule has 1 atom stereocenters. The Hall–Kier alpha value is -3.85. The molecule has 0 aliphatic rings. The molecule has 8 nitrogen and oxygen atoms in total. The van der Waals surface area contributed by atoms with E-state index in [1.54, 1.807) is 74.7 Å². The fraction of sp³-hybridized carbons (Fsp3) is 0.310. The van der Waals surface area contributed by atoms with Gasteiger partial charge in [-0.15, -0.1) is 0 Å². The van der Waals surface area contributed by atoms with Crippen molar-refractivity contribution in [3.63, 3.8) is 0 Å². The van der Waals surface area contributed by atoms with Gasteiger partial charge in [0.2, 0.25) is 11.8 Å². The van der Waals surface area contributed by atoms with Gasteiger partial charge in [0.05, 0.1) is 17.7 Å². The lowest BCUT2D eigenvalue weighted by molar-refractivity contribution is -0.139. The minimum atomic E-state index is -4.06. The Morgan fingerprint density at radius 3 is 2.11 bits per heavy atom. The molecule has 0 radical (unpaired) electrons. The van der Waals surface area contributed by atoms with E-state index < -0.39 is 28.5 Å². The molecule has 3 aromatic carbocycles. The third kappa shape index (κ3) is 7.35. The van der Waals surface area contributed by atoms with Crippen LogP contribution in [0.4, 0.5) is 5.69 Å². The van der Waals surface area contributed by atoms with Crippen molar-refractivity contribution in [3.05, 3.63) is 90.5 Å². The number of carbonyl (C=O) groups is 2. The van der Waals surface area contributed by atoms with Gasteiger partial charge in [-0.1, -0.05) is 61.9 Å². The van der Waals surface area contributed by atoms with Crippen LogP contribution in [0.5, 0.6) is 5.75 Å². The smallest absolute Gasteiger partial charge is 0.264 e. The van der Waals surface area contributed by atoms with Gasteiger partial charge in [-0.25, -0.2) is 8.42 Å². The summed E-state index contributed by atoms with van der Waals surface area (Å²) in [5.41, 5.74) is 1.14. The normalized spacial score (nSPS) is 11.9. The lowest BCUT2D eigenvalue weighted by Crippen LogP contribution is -2.51. The van der Waals surface area contributed by atoms with Gasteiger partial charge < -0.3 is 15.0 Å². The molecular formula is C29H35N3O5S. The van der Waals surface area contributed by atoms with Crippen molar-refractivity contribution in [3.8, 4) is 5.75 Å². The number of sulfonamides is 1. The van der Waals surface area contributed by atoms with E-state index in [4.69, 9.17) is 4.74 Å². The number of nitrogens with zero attached hydrogens (tertiary/aromatic N) is 2. The molecule has 9 heteroatoms. The number of para-hydroxylation sites is 1. The standard InChI is InChI=1S/C29H35N3O5S/c1-4-5-20-30-29(34)23(2)31(21-24-16-18-26(37-3)19-17-24)28(33)22-32(25-12-8-6-9-13-25)38(35,36)27-14-10-7-11-15-27/h6-19,23H,4-5,20-22H2,1-3H3,(H,30,34)/t23-/m1/s1. The van der Waals surface area contributed by atoms with Crippen LogP contribution in [0.1, 0.15) is 32.3 Å². The molecule has 0 saturated heterocycles. The number of benzene rings is 3. The summed E-state index contributed by atoms with van der Waals surface area (Å²) >= 11 is 0. The molecule has 0 heterocycles. The number of anilines is 1. The summed E-state index contributed by atoms with van der Waals surface area (Å²) in [6, 6.07) is 22.8. The highest BCUT2D eigenvalue weighted by atomic mass is 32.2. The van der Waals surface area contributed by atoms with Crippen molar-refractivity contribution in [2.24, 2.45) is 0 Å². The molecule has 38 heavy (non-hydrogen) atoms. The van der Waals surface area contributed by atoms with Crippen LogP contribution in [0.3, 0.4) is 0 Å². The zero-order valence-corrected chi connectivity index (χ0v) is 22.9. The fourth-order valence-electron chi connectivity index (χ4n) is 3.89. The van der Waals surface area contributed by atoms with E-state index in [0.717, 1.165) is 22.7 Å². The van der Waals surface area contributed by atoms with Crippen molar-refractivity contribution in [2.45, 2.75) is 44.2 Å². The predicted octanol–water partition coefficient (Wildman–Crippen LogP) is 4.22. The number of nitrogens with one attached hydrogen (secondary N) is 1. The van der Waals surface area contributed by atoms with Gasteiger partial charge in [0.25, 0.3) is 10.0 Å². The zero-order valence-electron chi connectivity index (χ0n) is 22.0. The maximum Gasteiger partial charge on any atom is 0.264 e. The van der Waals surface area contributed by atoms with Crippen LogP contribution in [0.15, 0.2) is 89.8 Å². The topological polar surface area (TPSA) is 96.0 Å². The second-order valence-electron chi connectivity index (χ2n) is 8.85. The van der Waals surface area contributed by atoms with Crippen LogP contribution < -0.4 is 14.4 Å². The third-order valence-electron chi connectivity index (χ3n) is 6.16. The van der Waals surface area contributed by atoms with Crippen LogP contribution in [-0.2, 0) is 26.2 Å². The molecular weight excluding hydrogens is 502 g/mol. The molecule has 0 spiro atoms. The number of carbonyl (C=O) groups excluding carboxylic acids is 2. The van der Waals surface area contributed by atoms with Gasteiger partial charge in [-0.3, -0.25) is 13.9 Å². The average Bonchev–Trinajstić information content (AvgIpc) is 2.95. The molecule has 3 rings (SSSR count). The van der Waals surface area contributed by atoms with Gasteiger partial charge >= 0.3 is 0 Å². The Labute approximate surface area is 225 Å². The molecule has 0 saturated carbocycles. The Bertz CT molecular complexity index is 1280. The molecule has 0 unspecified atom stereocenters. The summed E-state index contributed by atoms with van der Waals surface area (Å²) in [7, 11) is -2.49. The SMILES string of the molecule is CCCCNC(=O)[C@@H](C)N(Cc1ccc(OC)cc1)C(=O)CN(c1ccccc1)S(=O)(=O)c1ccccc1. The van der Waals surface area contributed by atoms with Crippen LogP contribution in [-0.4, -0.2) is 51.4 Å². The molecule has 0 aromatic heterocycles. The summed E-state index contributed by atoms with van der Waals surface area (Å²) < 4.78 is 33.6. The third-order valence-corrected chi connectivity index (χ3v) is 7.95. The van der Waals surface area contributed by atoms with Crippen molar-refractivity contribution >= 4 is 27.5 Å². The van der Waals surface area contributed by atoms with Crippen LogP contribution in [0.25, 0.3) is 0 Å². The second kappa shape index (κ2) is 13.6. The number of methoxy groups -OCH3 is 1. The fourth-order valence-corrected chi connectivity index (χ4v) is 5.32. The maximum atomic E-state index is 13.8. The zero-order chi connectivity index (χ0) is 27.5. The van der Waals surface area contributed by atoms with Crippen molar-refractivity contribution in [1.29, 1.82) is 0 Å². The molecule has 1 N–H and O–H groups in total. The van der Waals surface area contributed by atoms with Crippen molar-refractivity contribution in [1.82, 2.24) is 10.2 Å². The van der Waals surface area contributed by atoms with Crippen LogP contribution >= 0.6 is 0 Å². The maximum absolute atomic E-state index is 13.8. The monoisotopic (exact) mass is 537 g/mol. The van der Waals surface area contributed by atoms with E-state index in [-0.39, 0.29) is 17.3 Å². The van der Waals surface area contributed by atoms with E-state index in [9.17, 15) is 18.0 Å². The molecule has 2 amide bonds. The summed E-state index contributed by atoms with van der Waals surface area (Å²) in [4.78, 5) is 28.3. The highest BCUT2D eigenvalue weighted by Gasteiger charge is 2.32. The highest BCUT2D eigenvalue weighted by molar-refractivity contribution is 7.92. The predicted molar refractivity (Wildman–Crippen MR) is 148 cm³/mol. The molecule has 0 fully saturated rings. The van der Waals surface area contributed by atoms with Crippen molar-refractivity contribution < 1.29 is 22.7 Å². The highest BCUT2D eigenvalue weighted by Crippen LogP contribution is 2.24. The van der Waals surface area contributed by atoms with Gasteiger partial charge in [0.1, 0.15) is 18.3 Å². The Morgan fingerprint density at radius 1 is 0.921 bits per heavy atom. The first-order chi connectivity index (χ1) is 18.3. The van der Waals surface area contributed by atoms with Gasteiger partial charge in [-0.05, 0) is 55.3 Å². The van der Waals surface area contributed by atoms with Crippen LogP contribution in [0, 0.1) is 0 Å². The quantitative estimate of drug-likeness (QED) is 0.329. The number of hydrogen-bond donors (Lipinski definition) is 1. The van der Waals surface area contributed by atoms with E-state index in [0.29, 0.717) is 18.0 Å². The Balaban J connectivity index is 1.95. The summed E-state index contributed by atoms with van der Waals surface area (Å²) in [5.74, 6) is -0.124. The lowest BCUT2D eigenvalue weighted by Gasteiger charge is -2.32. The minimum Gasteiger partial charge on any atom is -0.497 e. The average molecular weight is 538 g/mol. The van der Waals surface area contributed by atoms with E-state index in [2.05, 4.69) is 5.32 Å². The first-order valence-corrected chi connectivity index (χ1v) is 14.0. The van der Waals surface area contributed by atoms with Gasteiger partial charge in [0, 0.05) is 13.1 Å². The number of unbranched alkanes of at least 4 members (excludes halogenated alkanes) is 1. The number of ether oxygens (including phenoxy) is 1. The number of hydrogen-bond acceptors (Lipinski definition) is 5. The Morgan fingerprint density at radius 2 is 1.53 bits per heavy atom. The first-order valence-electron chi connectivity index (χ1n) is 12.6. The number of amides is 2. The largest absolute Gasteiger partial charge is 0.497 e. The molecule has 3 aromatic rings. The molecule has 0 aliphatic heterocycles. The Kier molecular flexibility index (Phi) is 10.3. The molecule has 0 aliphatic carbocycles.